The first-order valence-corrected chi connectivity index (χ1v) is 10.0. The highest BCUT2D eigenvalue weighted by Gasteiger charge is 2.21. The lowest BCUT2D eigenvalue weighted by Gasteiger charge is -2.18. The van der Waals surface area contributed by atoms with Gasteiger partial charge < -0.3 is 10.4 Å². The molecule has 0 spiro atoms. The number of aliphatic carboxylic acids is 1. The van der Waals surface area contributed by atoms with E-state index in [1.165, 1.54) is 0 Å². The lowest BCUT2D eigenvalue weighted by molar-refractivity contribution is -0.137. The third kappa shape index (κ3) is 4.95. The molecule has 0 saturated carbocycles. The number of benzene rings is 2. The van der Waals surface area contributed by atoms with Gasteiger partial charge in [0.2, 0.25) is 5.91 Å². The van der Waals surface area contributed by atoms with Crippen LogP contribution < -0.4 is 5.32 Å². The summed E-state index contributed by atoms with van der Waals surface area (Å²) in [5.74, 6) is -1.19. The molecule has 1 aromatic heterocycles. The van der Waals surface area contributed by atoms with Gasteiger partial charge >= 0.3 is 5.97 Å². The Balaban J connectivity index is 1.77. The van der Waals surface area contributed by atoms with Gasteiger partial charge in [0.25, 0.3) is 0 Å². The fourth-order valence-corrected chi connectivity index (χ4v) is 3.90. The maximum absolute atomic E-state index is 12.6. The molecule has 2 aromatic carbocycles. The zero-order valence-electron chi connectivity index (χ0n) is 16.2. The van der Waals surface area contributed by atoms with E-state index in [2.05, 4.69) is 31.1 Å². The predicted molar refractivity (Wildman–Crippen MR) is 112 cm³/mol. The predicted octanol–water partition coefficient (Wildman–Crippen LogP) is 4.47. The zero-order valence-corrected chi connectivity index (χ0v) is 17.0. The molecule has 6 heteroatoms. The van der Waals surface area contributed by atoms with Gasteiger partial charge in [-0.25, -0.2) is 4.98 Å². The van der Waals surface area contributed by atoms with Crippen molar-refractivity contribution in [2.24, 2.45) is 0 Å². The monoisotopic (exact) mass is 396 g/mol. The minimum absolute atomic E-state index is 0.0592. The van der Waals surface area contributed by atoms with Crippen LogP contribution in [0, 0.1) is 0 Å². The maximum Gasteiger partial charge on any atom is 0.305 e. The summed E-state index contributed by atoms with van der Waals surface area (Å²) >= 11 is 1.54. The summed E-state index contributed by atoms with van der Waals surface area (Å²) in [6.45, 7) is 6.24. The third-order valence-electron chi connectivity index (χ3n) is 4.42. The minimum Gasteiger partial charge on any atom is -0.481 e. The number of carbonyl (C=O) groups excluding carboxylic acids is 1. The Kier molecular flexibility index (Phi) is 5.79. The molecule has 1 heterocycles. The topological polar surface area (TPSA) is 79.3 Å². The number of carboxylic acid groups (broad SMARTS) is 1. The van der Waals surface area contributed by atoms with Crippen LogP contribution in [0.5, 0.6) is 0 Å². The molecule has 0 aliphatic heterocycles. The second-order valence-corrected chi connectivity index (χ2v) is 8.75. The second kappa shape index (κ2) is 8.10. The fraction of sp³-hybridized carbons (Fsp3) is 0.318. The molecule has 0 aliphatic rings. The first kappa shape index (κ1) is 20.0. The summed E-state index contributed by atoms with van der Waals surface area (Å²) < 4.78 is 0. The lowest BCUT2D eigenvalue weighted by atomic mass is 9.98. The van der Waals surface area contributed by atoms with E-state index >= 15 is 0 Å². The van der Waals surface area contributed by atoms with Gasteiger partial charge in [-0.3, -0.25) is 9.59 Å². The van der Waals surface area contributed by atoms with E-state index in [-0.39, 0.29) is 24.2 Å². The fourth-order valence-electron chi connectivity index (χ4n) is 2.99. The van der Waals surface area contributed by atoms with E-state index in [1.807, 2.05) is 47.8 Å². The highest BCUT2D eigenvalue weighted by Crippen LogP contribution is 2.26. The summed E-state index contributed by atoms with van der Waals surface area (Å²) in [5, 5.41) is 17.1. The van der Waals surface area contributed by atoms with E-state index in [0.29, 0.717) is 5.69 Å². The maximum atomic E-state index is 12.6. The SMILES string of the molecule is CC(C)(C)c1nc(CC(=O)N[C@@H](CC(=O)O)c2ccc3ccccc3c2)cs1. The molecule has 0 fully saturated rings. The van der Waals surface area contributed by atoms with Gasteiger partial charge in [0.05, 0.1) is 29.6 Å². The molecule has 146 valence electrons. The Morgan fingerprint density at radius 1 is 1.14 bits per heavy atom. The molecule has 1 atom stereocenters. The van der Waals surface area contributed by atoms with Crippen molar-refractivity contribution in [3.05, 3.63) is 64.1 Å². The molecule has 0 radical (unpaired) electrons. The van der Waals surface area contributed by atoms with Crippen LogP contribution in [0.3, 0.4) is 0 Å². The number of thiazole rings is 1. The van der Waals surface area contributed by atoms with Crippen LogP contribution in [0.25, 0.3) is 10.8 Å². The Hall–Kier alpha value is -2.73. The van der Waals surface area contributed by atoms with Gasteiger partial charge in [-0.15, -0.1) is 11.3 Å². The number of aromatic nitrogens is 1. The molecule has 0 unspecified atom stereocenters. The van der Waals surface area contributed by atoms with Gasteiger partial charge in [0.1, 0.15) is 0 Å². The molecule has 3 rings (SSSR count). The number of carbonyl (C=O) groups is 2. The van der Waals surface area contributed by atoms with Crippen LogP contribution in [-0.2, 0) is 21.4 Å². The van der Waals surface area contributed by atoms with Crippen LogP contribution in [-0.4, -0.2) is 22.0 Å². The standard InChI is InChI=1S/C22H24N2O3S/c1-22(2,3)21-23-17(13-28-21)11-19(25)24-18(12-20(26)27)16-9-8-14-6-4-5-7-15(14)10-16/h4-10,13,18H,11-12H2,1-3H3,(H,24,25)(H,26,27)/t18-/m0/s1. The zero-order chi connectivity index (χ0) is 20.3. The van der Waals surface area contributed by atoms with Crippen molar-refractivity contribution in [2.45, 2.75) is 45.1 Å². The van der Waals surface area contributed by atoms with Gasteiger partial charge in [-0.1, -0.05) is 57.2 Å². The first-order chi connectivity index (χ1) is 13.2. The number of nitrogens with zero attached hydrogens (tertiary/aromatic N) is 1. The average Bonchev–Trinajstić information content (AvgIpc) is 3.09. The van der Waals surface area contributed by atoms with Crippen LogP contribution in [0.1, 0.15) is 49.5 Å². The third-order valence-corrected chi connectivity index (χ3v) is 5.74. The first-order valence-electron chi connectivity index (χ1n) is 9.17. The van der Waals surface area contributed by atoms with E-state index in [9.17, 15) is 14.7 Å². The van der Waals surface area contributed by atoms with Gasteiger partial charge in [-0.05, 0) is 22.4 Å². The van der Waals surface area contributed by atoms with E-state index in [0.717, 1.165) is 21.3 Å². The van der Waals surface area contributed by atoms with Crippen molar-refractivity contribution in [3.63, 3.8) is 0 Å². The number of hydrogen-bond donors (Lipinski definition) is 2. The number of nitrogens with one attached hydrogen (secondary N) is 1. The number of hydrogen-bond acceptors (Lipinski definition) is 4. The highest BCUT2D eigenvalue weighted by atomic mass is 32.1. The van der Waals surface area contributed by atoms with Crippen molar-refractivity contribution in [3.8, 4) is 0 Å². The Morgan fingerprint density at radius 3 is 2.50 bits per heavy atom. The van der Waals surface area contributed by atoms with Crippen molar-refractivity contribution >= 4 is 34.0 Å². The van der Waals surface area contributed by atoms with Gasteiger partial charge in [-0.2, -0.15) is 0 Å². The molecular formula is C22H24N2O3S. The second-order valence-electron chi connectivity index (χ2n) is 7.90. The Bertz CT molecular complexity index is 1000. The highest BCUT2D eigenvalue weighted by molar-refractivity contribution is 7.09. The average molecular weight is 397 g/mol. The Morgan fingerprint density at radius 2 is 1.86 bits per heavy atom. The van der Waals surface area contributed by atoms with Crippen molar-refractivity contribution in [1.82, 2.24) is 10.3 Å². The lowest BCUT2D eigenvalue weighted by Crippen LogP contribution is -2.31. The smallest absolute Gasteiger partial charge is 0.305 e. The van der Waals surface area contributed by atoms with Crippen LogP contribution in [0.2, 0.25) is 0 Å². The largest absolute Gasteiger partial charge is 0.481 e. The quantitative estimate of drug-likeness (QED) is 0.644. The molecule has 28 heavy (non-hydrogen) atoms. The summed E-state index contributed by atoms with van der Waals surface area (Å²) in [4.78, 5) is 28.4. The summed E-state index contributed by atoms with van der Waals surface area (Å²) in [7, 11) is 0. The number of rotatable bonds is 6. The number of amides is 1. The number of carboxylic acids is 1. The molecular weight excluding hydrogens is 372 g/mol. The van der Waals surface area contributed by atoms with Crippen LogP contribution >= 0.6 is 11.3 Å². The van der Waals surface area contributed by atoms with Gasteiger partial charge in [0, 0.05) is 10.8 Å². The molecule has 3 aromatic rings. The molecule has 2 N–H and O–H groups in total. The molecule has 0 saturated heterocycles. The molecule has 1 amide bonds. The molecule has 0 bridgehead atoms. The van der Waals surface area contributed by atoms with E-state index < -0.39 is 12.0 Å². The Labute approximate surface area is 168 Å². The van der Waals surface area contributed by atoms with E-state index in [1.54, 1.807) is 11.3 Å². The van der Waals surface area contributed by atoms with E-state index in [4.69, 9.17) is 0 Å². The summed E-state index contributed by atoms with van der Waals surface area (Å²) in [6, 6.07) is 13.0. The van der Waals surface area contributed by atoms with Crippen molar-refractivity contribution in [2.75, 3.05) is 0 Å². The summed E-state index contributed by atoms with van der Waals surface area (Å²) in [5.41, 5.74) is 1.43. The normalized spacial score (nSPS) is 12.7. The summed E-state index contributed by atoms with van der Waals surface area (Å²) in [6.07, 6.45) is -0.0370. The minimum atomic E-state index is -0.956. The van der Waals surface area contributed by atoms with Crippen LogP contribution in [0.15, 0.2) is 47.8 Å². The van der Waals surface area contributed by atoms with Crippen molar-refractivity contribution in [1.29, 1.82) is 0 Å². The van der Waals surface area contributed by atoms with Gasteiger partial charge in [0.15, 0.2) is 0 Å². The van der Waals surface area contributed by atoms with Crippen molar-refractivity contribution < 1.29 is 14.7 Å². The molecule has 0 aliphatic carbocycles. The number of fused-ring (bicyclic) bond motifs is 1. The molecule has 5 nitrogen and oxygen atoms in total. The van der Waals surface area contributed by atoms with Crippen LogP contribution in [0.4, 0.5) is 0 Å².